The van der Waals surface area contributed by atoms with E-state index in [1.54, 1.807) is 24.3 Å². The van der Waals surface area contributed by atoms with Gasteiger partial charge in [-0.1, -0.05) is 32.0 Å². The summed E-state index contributed by atoms with van der Waals surface area (Å²) in [6, 6.07) is 8.19. The molecule has 0 saturated heterocycles. The van der Waals surface area contributed by atoms with Gasteiger partial charge in [0.1, 0.15) is 17.3 Å². The number of nitrogens with one attached hydrogen (secondary N) is 1. The molecule has 0 aliphatic carbocycles. The molecule has 1 aliphatic rings. The molecule has 0 fully saturated rings. The number of hydrogen-bond acceptors (Lipinski definition) is 5. The van der Waals surface area contributed by atoms with E-state index in [4.69, 9.17) is 4.74 Å². The summed E-state index contributed by atoms with van der Waals surface area (Å²) in [5.41, 5.74) is -0.141. The molecule has 3 rings (SSSR count). The summed E-state index contributed by atoms with van der Waals surface area (Å²) >= 11 is 0. The van der Waals surface area contributed by atoms with Crippen LogP contribution in [0.1, 0.15) is 49.6 Å². The zero-order chi connectivity index (χ0) is 24.9. The average molecular weight is 479 g/mol. The molecule has 1 atom stereocenters. The Hall–Kier alpha value is -3.30. The highest BCUT2D eigenvalue weighted by molar-refractivity contribution is 5.81. The van der Waals surface area contributed by atoms with Crippen LogP contribution in [0.4, 0.5) is 19.0 Å². The van der Waals surface area contributed by atoms with E-state index < -0.39 is 30.3 Å². The molecule has 10 heteroatoms. The Morgan fingerprint density at radius 3 is 2.71 bits per heavy atom. The highest BCUT2D eigenvalue weighted by Crippen LogP contribution is 2.36. The lowest BCUT2D eigenvalue weighted by Crippen LogP contribution is -2.38. The van der Waals surface area contributed by atoms with Crippen LogP contribution < -0.4 is 10.1 Å². The number of nitrogens with zero attached hydrogens (tertiary/aromatic N) is 2. The number of pyridine rings is 1. The van der Waals surface area contributed by atoms with Crippen molar-refractivity contribution in [2.75, 3.05) is 25.0 Å². The lowest BCUT2D eigenvalue weighted by atomic mass is 10.0. The predicted octanol–water partition coefficient (Wildman–Crippen LogP) is 4.54. The summed E-state index contributed by atoms with van der Waals surface area (Å²) in [4.78, 5) is 29.8. The van der Waals surface area contributed by atoms with E-state index in [1.165, 1.54) is 11.0 Å². The first-order valence-electron chi connectivity index (χ1n) is 11.1. The van der Waals surface area contributed by atoms with E-state index in [0.29, 0.717) is 23.8 Å². The number of benzene rings is 1. The summed E-state index contributed by atoms with van der Waals surface area (Å²) < 4.78 is 45.1. The number of alkyl halides is 3. The van der Waals surface area contributed by atoms with Gasteiger partial charge in [-0.15, -0.1) is 0 Å². The lowest BCUT2D eigenvalue weighted by Gasteiger charge is -2.29. The molecular formula is C24H28F3N3O4. The van der Waals surface area contributed by atoms with Gasteiger partial charge in [-0.2, -0.15) is 13.2 Å². The van der Waals surface area contributed by atoms with E-state index in [0.717, 1.165) is 12.5 Å². The average Bonchev–Trinajstić information content (AvgIpc) is 2.92. The number of anilines is 1. The van der Waals surface area contributed by atoms with Crippen molar-refractivity contribution >= 4 is 17.7 Å². The van der Waals surface area contributed by atoms with E-state index >= 15 is 0 Å². The van der Waals surface area contributed by atoms with Gasteiger partial charge in [0.05, 0.1) is 25.5 Å². The molecule has 0 radical (unpaired) electrons. The number of carboxylic acid groups (broad SMARTS) is 1. The number of ether oxygens (including phenoxy) is 1. The number of carbonyl (C=O) groups is 2. The Balaban J connectivity index is 1.82. The summed E-state index contributed by atoms with van der Waals surface area (Å²) in [6.45, 7) is 5.01. The molecule has 0 saturated carbocycles. The number of aromatic nitrogens is 1. The van der Waals surface area contributed by atoms with Gasteiger partial charge < -0.3 is 20.1 Å². The van der Waals surface area contributed by atoms with Crippen molar-refractivity contribution in [1.82, 2.24) is 9.88 Å². The van der Waals surface area contributed by atoms with Crippen LogP contribution in [0.25, 0.3) is 0 Å². The van der Waals surface area contributed by atoms with Crippen molar-refractivity contribution in [3.8, 4) is 5.75 Å². The molecule has 1 aliphatic heterocycles. The third-order valence-electron chi connectivity index (χ3n) is 5.50. The van der Waals surface area contributed by atoms with Crippen LogP contribution in [0.2, 0.25) is 0 Å². The third-order valence-corrected chi connectivity index (χ3v) is 5.50. The number of halogens is 3. The Morgan fingerprint density at radius 1 is 1.26 bits per heavy atom. The van der Waals surface area contributed by atoms with Crippen LogP contribution in [-0.2, 0) is 22.2 Å². The van der Waals surface area contributed by atoms with Gasteiger partial charge in [0.15, 0.2) is 0 Å². The molecule has 0 bridgehead atoms. The number of carboxylic acids is 1. The van der Waals surface area contributed by atoms with Crippen LogP contribution in [0.3, 0.4) is 0 Å². The quantitative estimate of drug-likeness (QED) is 0.578. The molecule has 2 heterocycles. The topological polar surface area (TPSA) is 91.8 Å². The van der Waals surface area contributed by atoms with Crippen molar-refractivity contribution in [3.63, 3.8) is 0 Å². The molecule has 1 amide bonds. The van der Waals surface area contributed by atoms with Crippen LogP contribution in [-0.4, -0.2) is 46.6 Å². The maximum atomic E-state index is 13.2. The zero-order valence-electron chi connectivity index (χ0n) is 19.1. The van der Waals surface area contributed by atoms with Crippen molar-refractivity contribution in [2.24, 2.45) is 5.92 Å². The molecule has 1 aromatic heterocycles. The van der Waals surface area contributed by atoms with Gasteiger partial charge in [-0.25, -0.2) is 4.98 Å². The molecule has 0 spiro atoms. The van der Waals surface area contributed by atoms with Gasteiger partial charge in [0.25, 0.3) is 0 Å². The molecule has 34 heavy (non-hydrogen) atoms. The smallest absolute Gasteiger partial charge is 0.433 e. The molecule has 1 aromatic carbocycles. The van der Waals surface area contributed by atoms with E-state index in [1.807, 2.05) is 0 Å². The minimum Gasteiger partial charge on any atom is -0.494 e. The Bertz CT molecular complexity index is 1030. The van der Waals surface area contributed by atoms with Gasteiger partial charge >= 0.3 is 12.1 Å². The first-order chi connectivity index (χ1) is 16.0. The van der Waals surface area contributed by atoms with E-state index in [-0.39, 0.29) is 36.8 Å². The van der Waals surface area contributed by atoms with Crippen LogP contribution in [0.15, 0.2) is 36.4 Å². The van der Waals surface area contributed by atoms with Gasteiger partial charge in [-0.3, -0.25) is 9.59 Å². The van der Waals surface area contributed by atoms with Gasteiger partial charge in [0, 0.05) is 18.7 Å². The van der Waals surface area contributed by atoms with Gasteiger partial charge in [0.2, 0.25) is 5.91 Å². The van der Waals surface area contributed by atoms with Crippen molar-refractivity contribution in [2.45, 2.75) is 45.3 Å². The minimum atomic E-state index is -4.64. The number of fused-ring (bicyclic) bond motifs is 1. The van der Waals surface area contributed by atoms with E-state index in [2.05, 4.69) is 24.1 Å². The maximum Gasteiger partial charge on any atom is 0.433 e. The minimum absolute atomic E-state index is 0.000889. The number of hydrogen-bond donors (Lipinski definition) is 2. The van der Waals surface area contributed by atoms with Crippen molar-refractivity contribution in [1.29, 1.82) is 0 Å². The Morgan fingerprint density at radius 2 is 2.03 bits per heavy atom. The van der Waals surface area contributed by atoms with Crippen molar-refractivity contribution in [3.05, 3.63) is 53.2 Å². The first kappa shape index (κ1) is 25.3. The highest BCUT2D eigenvalue weighted by atomic mass is 19.4. The van der Waals surface area contributed by atoms with Gasteiger partial charge in [-0.05, 0) is 36.1 Å². The second kappa shape index (κ2) is 10.8. The molecule has 0 unspecified atom stereocenters. The molecule has 7 nitrogen and oxygen atoms in total. The molecule has 2 N–H and O–H groups in total. The number of amides is 1. The van der Waals surface area contributed by atoms with Crippen LogP contribution >= 0.6 is 0 Å². The fourth-order valence-electron chi connectivity index (χ4n) is 3.77. The Labute approximate surface area is 195 Å². The van der Waals surface area contributed by atoms with Crippen LogP contribution in [0, 0.1) is 5.92 Å². The zero-order valence-corrected chi connectivity index (χ0v) is 19.1. The summed E-state index contributed by atoms with van der Waals surface area (Å²) in [7, 11) is 0. The maximum absolute atomic E-state index is 13.2. The summed E-state index contributed by atoms with van der Waals surface area (Å²) in [5.74, 6) is -0.426. The number of rotatable bonds is 8. The second-order valence-corrected chi connectivity index (χ2v) is 8.61. The fraction of sp³-hybridized carbons (Fsp3) is 0.458. The SMILES string of the molecule is CC(C)CCOc1cccc(CC(=O)N2CCNc3nc(C(F)(F)F)ccc3[C@H]2CC(=O)O)c1. The third kappa shape index (κ3) is 6.61. The largest absolute Gasteiger partial charge is 0.494 e. The monoisotopic (exact) mass is 479 g/mol. The lowest BCUT2D eigenvalue weighted by molar-refractivity contribution is -0.142. The first-order valence-corrected chi connectivity index (χ1v) is 11.1. The normalized spacial score (nSPS) is 15.9. The standard InChI is InChI=1S/C24H28F3N3O4/c1-15(2)8-11-34-17-5-3-4-16(12-17)13-21(31)30-10-9-28-23-18(19(30)14-22(32)33)6-7-20(29-23)24(25,26)27/h3-7,12,15,19H,8-11,13-14H2,1-2H3,(H,28,29)(H,32,33)/t19-/m1/s1. The molecular weight excluding hydrogens is 451 g/mol. The second-order valence-electron chi connectivity index (χ2n) is 8.61. The predicted molar refractivity (Wildman–Crippen MR) is 120 cm³/mol. The molecule has 184 valence electrons. The highest BCUT2D eigenvalue weighted by Gasteiger charge is 2.36. The molecule has 2 aromatic rings. The fourth-order valence-corrected chi connectivity index (χ4v) is 3.77. The van der Waals surface area contributed by atoms with E-state index in [9.17, 15) is 27.9 Å². The summed E-state index contributed by atoms with van der Waals surface area (Å²) in [6.07, 6.45) is -4.19. The van der Waals surface area contributed by atoms with Crippen LogP contribution in [0.5, 0.6) is 5.75 Å². The summed E-state index contributed by atoms with van der Waals surface area (Å²) in [5, 5.41) is 12.3. The Kier molecular flexibility index (Phi) is 8.01. The number of carbonyl (C=O) groups excluding carboxylic acids is 1. The van der Waals surface area contributed by atoms with Crippen molar-refractivity contribution < 1.29 is 32.6 Å². The number of aliphatic carboxylic acids is 1.